The van der Waals surface area contributed by atoms with Crippen molar-refractivity contribution in [3.05, 3.63) is 24.0 Å². The maximum atomic E-state index is 9.08. The molecule has 3 heteroatoms. The van der Waals surface area contributed by atoms with Crippen LogP contribution in [0.1, 0.15) is 19.0 Å². The molecule has 0 bridgehead atoms. The van der Waals surface area contributed by atoms with Crippen LogP contribution in [0.3, 0.4) is 0 Å². The largest absolute Gasteiger partial charge is 0.497 e. The van der Waals surface area contributed by atoms with Gasteiger partial charge in [0.1, 0.15) is 5.75 Å². The van der Waals surface area contributed by atoms with Crippen LogP contribution in [-0.2, 0) is 6.42 Å². The van der Waals surface area contributed by atoms with E-state index in [0.717, 1.165) is 24.3 Å². The second-order valence-corrected chi connectivity index (χ2v) is 3.07. The van der Waals surface area contributed by atoms with Crippen LogP contribution in [0.4, 0.5) is 0 Å². The lowest BCUT2D eigenvalue weighted by atomic mass is 10.1. The maximum absolute atomic E-state index is 9.08. The molecule has 13 heavy (non-hydrogen) atoms. The summed E-state index contributed by atoms with van der Waals surface area (Å²) in [6.07, 6.45) is 2.97. The quantitative estimate of drug-likeness (QED) is 0.763. The van der Waals surface area contributed by atoms with Gasteiger partial charge in [-0.25, -0.2) is 0 Å². The Bertz CT molecular complexity index is 261. The fourth-order valence-electron chi connectivity index (χ4n) is 1.08. The van der Waals surface area contributed by atoms with Crippen molar-refractivity contribution in [1.29, 1.82) is 0 Å². The van der Waals surface area contributed by atoms with Gasteiger partial charge in [-0.3, -0.25) is 4.98 Å². The second kappa shape index (κ2) is 4.82. The average Bonchev–Trinajstić information content (AvgIpc) is 2.15. The van der Waals surface area contributed by atoms with Gasteiger partial charge < -0.3 is 9.84 Å². The van der Waals surface area contributed by atoms with Gasteiger partial charge in [-0.1, -0.05) is 0 Å². The minimum absolute atomic E-state index is 0.270. The van der Waals surface area contributed by atoms with Crippen LogP contribution in [0.15, 0.2) is 18.3 Å². The van der Waals surface area contributed by atoms with E-state index in [9.17, 15) is 0 Å². The first-order chi connectivity index (χ1) is 6.22. The van der Waals surface area contributed by atoms with Crippen LogP contribution in [0.2, 0.25) is 0 Å². The van der Waals surface area contributed by atoms with Gasteiger partial charge in [0.15, 0.2) is 0 Å². The minimum Gasteiger partial charge on any atom is -0.497 e. The fourth-order valence-corrected chi connectivity index (χ4v) is 1.08. The SMILES string of the molecule is COc1ccnc(CC[C@@H](C)O)c1. The highest BCUT2D eigenvalue weighted by atomic mass is 16.5. The van der Waals surface area contributed by atoms with E-state index in [4.69, 9.17) is 9.84 Å². The summed E-state index contributed by atoms with van der Waals surface area (Å²) >= 11 is 0. The Morgan fingerprint density at radius 2 is 2.38 bits per heavy atom. The predicted molar refractivity (Wildman–Crippen MR) is 50.8 cm³/mol. The van der Waals surface area contributed by atoms with E-state index in [1.54, 1.807) is 20.2 Å². The number of rotatable bonds is 4. The van der Waals surface area contributed by atoms with Crippen molar-refractivity contribution in [1.82, 2.24) is 4.98 Å². The Kier molecular flexibility index (Phi) is 3.71. The number of aliphatic hydroxyl groups excluding tert-OH is 1. The number of ether oxygens (including phenoxy) is 1. The molecule has 0 aliphatic heterocycles. The zero-order chi connectivity index (χ0) is 9.68. The normalized spacial score (nSPS) is 12.5. The molecule has 0 spiro atoms. The van der Waals surface area contributed by atoms with E-state index in [2.05, 4.69) is 4.98 Å². The molecule has 0 unspecified atom stereocenters. The summed E-state index contributed by atoms with van der Waals surface area (Å²) < 4.78 is 5.06. The number of hydrogen-bond acceptors (Lipinski definition) is 3. The zero-order valence-corrected chi connectivity index (χ0v) is 8.03. The third-order valence-corrected chi connectivity index (χ3v) is 1.84. The van der Waals surface area contributed by atoms with Crippen LogP contribution in [-0.4, -0.2) is 23.3 Å². The molecule has 0 saturated carbocycles. The molecule has 0 amide bonds. The van der Waals surface area contributed by atoms with E-state index in [-0.39, 0.29) is 6.10 Å². The summed E-state index contributed by atoms with van der Waals surface area (Å²) in [5, 5.41) is 9.08. The summed E-state index contributed by atoms with van der Waals surface area (Å²) in [5.74, 6) is 0.815. The molecule has 0 fully saturated rings. The van der Waals surface area contributed by atoms with Gasteiger partial charge >= 0.3 is 0 Å². The first-order valence-corrected chi connectivity index (χ1v) is 4.39. The van der Waals surface area contributed by atoms with E-state index < -0.39 is 0 Å². The topological polar surface area (TPSA) is 42.4 Å². The molecule has 0 aliphatic carbocycles. The Morgan fingerprint density at radius 3 is 3.00 bits per heavy atom. The van der Waals surface area contributed by atoms with Crippen molar-refractivity contribution in [3.8, 4) is 5.75 Å². The first kappa shape index (κ1) is 9.99. The number of aliphatic hydroxyl groups is 1. The summed E-state index contributed by atoms with van der Waals surface area (Å²) in [4.78, 5) is 4.17. The number of hydrogen-bond donors (Lipinski definition) is 1. The van der Waals surface area contributed by atoms with Crippen molar-refractivity contribution in [3.63, 3.8) is 0 Å². The van der Waals surface area contributed by atoms with Gasteiger partial charge in [0.05, 0.1) is 13.2 Å². The third-order valence-electron chi connectivity index (χ3n) is 1.84. The summed E-state index contributed by atoms with van der Waals surface area (Å²) in [7, 11) is 1.63. The molecule has 0 radical (unpaired) electrons. The zero-order valence-electron chi connectivity index (χ0n) is 8.03. The molecule has 0 aliphatic rings. The van der Waals surface area contributed by atoms with Crippen molar-refractivity contribution in [2.24, 2.45) is 0 Å². The summed E-state index contributed by atoms with van der Waals surface area (Å²) in [6, 6.07) is 3.70. The van der Waals surface area contributed by atoms with Crippen molar-refractivity contribution in [2.75, 3.05) is 7.11 Å². The molecular formula is C10H15NO2. The number of nitrogens with zero attached hydrogens (tertiary/aromatic N) is 1. The smallest absolute Gasteiger partial charge is 0.122 e. The lowest BCUT2D eigenvalue weighted by Gasteiger charge is -2.04. The summed E-state index contributed by atoms with van der Waals surface area (Å²) in [6.45, 7) is 1.78. The van der Waals surface area contributed by atoms with Gasteiger partial charge in [-0.15, -0.1) is 0 Å². The van der Waals surface area contributed by atoms with Gasteiger partial charge in [-0.05, 0) is 25.8 Å². The molecule has 0 saturated heterocycles. The fraction of sp³-hybridized carbons (Fsp3) is 0.500. The van der Waals surface area contributed by atoms with Gasteiger partial charge in [-0.2, -0.15) is 0 Å². The van der Waals surface area contributed by atoms with Crippen LogP contribution in [0.25, 0.3) is 0 Å². The first-order valence-electron chi connectivity index (χ1n) is 4.39. The predicted octanol–water partition coefficient (Wildman–Crippen LogP) is 1.40. The number of pyridine rings is 1. The molecule has 1 aromatic rings. The molecule has 1 heterocycles. The lowest BCUT2D eigenvalue weighted by Crippen LogP contribution is -2.02. The van der Waals surface area contributed by atoms with Crippen molar-refractivity contribution >= 4 is 0 Å². The van der Waals surface area contributed by atoms with Gasteiger partial charge in [0, 0.05) is 18.0 Å². The summed E-state index contributed by atoms with van der Waals surface area (Å²) in [5.41, 5.74) is 0.959. The highest BCUT2D eigenvalue weighted by Crippen LogP contribution is 2.11. The maximum Gasteiger partial charge on any atom is 0.122 e. The molecule has 1 atom stereocenters. The third kappa shape index (κ3) is 3.42. The number of aryl methyl sites for hydroxylation is 1. The van der Waals surface area contributed by atoms with Crippen LogP contribution in [0, 0.1) is 0 Å². The van der Waals surface area contributed by atoms with E-state index in [0.29, 0.717) is 0 Å². The van der Waals surface area contributed by atoms with Gasteiger partial charge in [0.25, 0.3) is 0 Å². The minimum atomic E-state index is -0.270. The van der Waals surface area contributed by atoms with E-state index >= 15 is 0 Å². The average molecular weight is 181 g/mol. The van der Waals surface area contributed by atoms with E-state index in [1.807, 2.05) is 12.1 Å². The molecule has 1 aromatic heterocycles. The molecule has 1 N–H and O–H groups in total. The van der Waals surface area contributed by atoms with Crippen molar-refractivity contribution in [2.45, 2.75) is 25.9 Å². The Labute approximate surface area is 78.4 Å². The van der Waals surface area contributed by atoms with Gasteiger partial charge in [0.2, 0.25) is 0 Å². The molecule has 1 rings (SSSR count). The second-order valence-electron chi connectivity index (χ2n) is 3.07. The monoisotopic (exact) mass is 181 g/mol. The molecule has 72 valence electrons. The Balaban J connectivity index is 2.56. The standard InChI is InChI=1S/C10H15NO2/c1-8(12)3-4-9-7-10(13-2)5-6-11-9/h5-8,12H,3-4H2,1-2H3/t8-/m1/s1. The Morgan fingerprint density at radius 1 is 1.62 bits per heavy atom. The lowest BCUT2D eigenvalue weighted by molar-refractivity contribution is 0.184. The Hall–Kier alpha value is -1.09. The highest BCUT2D eigenvalue weighted by molar-refractivity contribution is 5.22. The number of methoxy groups -OCH3 is 1. The molecular weight excluding hydrogens is 166 g/mol. The molecule has 0 aromatic carbocycles. The van der Waals surface area contributed by atoms with Crippen LogP contribution < -0.4 is 4.74 Å². The van der Waals surface area contributed by atoms with Crippen molar-refractivity contribution < 1.29 is 9.84 Å². The highest BCUT2D eigenvalue weighted by Gasteiger charge is 2.00. The van der Waals surface area contributed by atoms with E-state index in [1.165, 1.54) is 0 Å². The van der Waals surface area contributed by atoms with Crippen LogP contribution in [0.5, 0.6) is 5.75 Å². The molecule has 3 nitrogen and oxygen atoms in total. The van der Waals surface area contributed by atoms with Crippen LogP contribution >= 0.6 is 0 Å². The number of aromatic nitrogens is 1.